The molecule has 1 aliphatic rings. The molecule has 2 heteroatoms. The molecule has 1 N–H and O–H groups in total. The van der Waals surface area contributed by atoms with Crippen LogP contribution in [0.5, 0.6) is 0 Å². The molecule has 4 unspecified atom stereocenters. The number of rotatable bonds is 6. The third-order valence-electron chi connectivity index (χ3n) is 4.72. The SMILES string of the molecule is CCNC(CC)C(C)N(C)C1CCCCC1C. The fourth-order valence-corrected chi connectivity index (χ4v) is 3.41. The van der Waals surface area contributed by atoms with Crippen LogP contribution in [-0.2, 0) is 0 Å². The second kappa shape index (κ2) is 7.38. The van der Waals surface area contributed by atoms with Gasteiger partial charge in [-0.3, -0.25) is 4.90 Å². The van der Waals surface area contributed by atoms with Crippen molar-refractivity contribution in [3.05, 3.63) is 0 Å². The van der Waals surface area contributed by atoms with Crippen LogP contribution in [0.25, 0.3) is 0 Å². The topological polar surface area (TPSA) is 15.3 Å². The molecule has 0 aromatic rings. The van der Waals surface area contributed by atoms with Gasteiger partial charge in [0.1, 0.15) is 0 Å². The Labute approximate surface area is 108 Å². The van der Waals surface area contributed by atoms with Gasteiger partial charge >= 0.3 is 0 Å². The smallest absolute Gasteiger partial charge is 0.0220 e. The zero-order chi connectivity index (χ0) is 12.8. The molecule has 2 nitrogen and oxygen atoms in total. The van der Waals surface area contributed by atoms with Crippen molar-refractivity contribution in [2.24, 2.45) is 5.92 Å². The number of nitrogens with zero attached hydrogens (tertiary/aromatic N) is 1. The normalized spacial score (nSPS) is 29.3. The molecular formula is C15H32N2. The van der Waals surface area contributed by atoms with Crippen molar-refractivity contribution in [2.75, 3.05) is 13.6 Å². The van der Waals surface area contributed by atoms with E-state index < -0.39 is 0 Å². The average molecular weight is 240 g/mol. The minimum atomic E-state index is 0.638. The molecule has 0 bridgehead atoms. The van der Waals surface area contributed by atoms with Crippen LogP contribution in [0.1, 0.15) is 59.8 Å². The van der Waals surface area contributed by atoms with Gasteiger partial charge in [-0.1, -0.05) is 33.6 Å². The highest BCUT2D eigenvalue weighted by molar-refractivity contribution is 4.86. The minimum absolute atomic E-state index is 0.638. The lowest BCUT2D eigenvalue weighted by atomic mass is 9.84. The van der Waals surface area contributed by atoms with Crippen LogP contribution in [0, 0.1) is 5.92 Å². The van der Waals surface area contributed by atoms with Gasteiger partial charge in [0, 0.05) is 18.1 Å². The van der Waals surface area contributed by atoms with Crippen molar-refractivity contribution in [3.8, 4) is 0 Å². The lowest BCUT2D eigenvalue weighted by Crippen LogP contribution is -2.52. The van der Waals surface area contributed by atoms with Crippen molar-refractivity contribution >= 4 is 0 Å². The summed E-state index contributed by atoms with van der Waals surface area (Å²) in [5, 5.41) is 3.63. The van der Waals surface area contributed by atoms with Crippen LogP contribution in [0.15, 0.2) is 0 Å². The first kappa shape index (κ1) is 15.0. The molecule has 0 spiro atoms. The molecule has 0 aromatic carbocycles. The van der Waals surface area contributed by atoms with E-state index in [9.17, 15) is 0 Å². The molecule has 102 valence electrons. The van der Waals surface area contributed by atoms with Gasteiger partial charge in [-0.2, -0.15) is 0 Å². The molecule has 0 aromatic heterocycles. The maximum Gasteiger partial charge on any atom is 0.0220 e. The Morgan fingerprint density at radius 1 is 1.24 bits per heavy atom. The average Bonchev–Trinajstić information content (AvgIpc) is 2.35. The molecule has 0 radical (unpaired) electrons. The highest BCUT2D eigenvalue weighted by atomic mass is 15.2. The lowest BCUT2D eigenvalue weighted by molar-refractivity contribution is 0.0841. The van der Waals surface area contributed by atoms with E-state index in [4.69, 9.17) is 0 Å². The van der Waals surface area contributed by atoms with Gasteiger partial charge in [0.15, 0.2) is 0 Å². The second-order valence-corrected chi connectivity index (χ2v) is 5.81. The Morgan fingerprint density at radius 3 is 2.41 bits per heavy atom. The van der Waals surface area contributed by atoms with Gasteiger partial charge in [-0.25, -0.2) is 0 Å². The quantitative estimate of drug-likeness (QED) is 0.766. The predicted molar refractivity (Wildman–Crippen MR) is 76.4 cm³/mol. The summed E-state index contributed by atoms with van der Waals surface area (Å²) in [6.45, 7) is 10.4. The number of hydrogen-bond acceptors (Lipinski definition) is 2. The first-order valence-corrected chi connectivity index (χ1v) is 7.57. The monoisotopic (exact) mass is 240 g/mol. The molecule has 0 amide bonds. The molecule has 0 aliphatic heterocycles. The molecule has 1 rings (SSSR count). The van der Waals surface area contributed by atoms with E-state index in [-0.39, 0.29) is 0 Å². The maximum absolute atomic E-state index is 3.63. The fourth-order valence-electron chi connectivity index (χ4n) is 3.41. The molecule has 0 heterocycles. The third-order valence-corrected chi connectivity index (χ3v) is 4.72. The second-order valence-electron chi connectivity index (χ2n) is 5.81. The Bertz CT molecular complexity index is 205. The van der Waals surface area contributed by atoms with Crippen LogP contribution < -0.4 is 5.32 Å². The van der Waals surface area contributed by atoms with Crippen molar-refractivity contribution in [2.45, 2.75) is 77.9 Å². The number of hydrogen-bond donors (Lipinski definition) is 1. The van der Waals surface area contributed by atoms with Crippen molar-refractivity contribution in [1.82, 2.24) is 10.2 Å². The molecule has 1 saturated carbocycles. The number of likely N-dealkylation sites (N-methyl/N-ethyl adjacent to an activating group) is 2. The molecule has 1 aliphatic carbocycles. The first-order chi connectivity index (χ1) is 8.11. The van der Waals surface area contributed by atoms with Crippen molar-refractivity contribution in [3.63, 3.8) is 0 Å². The van der Waals surface area contributed by atoms with Crippen molar-refractivity contribution < 1.29 is 0 Å². The summed E-state index contributed by atoms with van der Waals surface area (Å²) in [6, 6.07) is 2.08. The van der Waals surface area contributed by atoms with Crippen LogP contribution in [0.3, 0.4) is 0 Å². The van der Waals surface area contributed by atoms with Gasteiger partial charge in [-0.15, -0.1) is 0 Å². The van der Waals surface area contributed by atoms with E-state index in [0.29, 0.717) is 12.1 Å². The predicted octanol–water partition coefficient (Wildman–Crippen LogP) is 3.27. The first-order valence-electron chi connectivity index (χ1n) is 7.57. The zero-order valence-corrected chi connectivity index (χ0v) is 12.5. The Balaban J connectivity index is 2.56. The third kappa shape index (κ3) is 3.96. The largest absolute Gasteiger partial charge is 0.313 e. The van der Waals surface area contributed by atoms with Crippen LogP contribution in [0.4, 0.5) is 0 Å². The Hall–Kier alpha value is -0.0800. The minimum Gasteiger partial charge on any atom is -0.313 e. The van der Waals surface area contributed by atoms with E-state index in [1.807, 2.05) is 0 Å². The summed E-state index contributed by atoms with van der Waals surface area (Å²) < 4.78 is 0. The molecular weight excluding hydrogens is 208 g/mol. The van der Waals surface area contributed by atoms with E-state index >= 15 is 0 Å². The fraction of sp³-hybridized carbons (Fsp3) is 1.00. The molecule has 4 atom stereocenters. The van der Waals surface area contributed by atoms with Gasteiger partial charge in [0.05, 0.1) is 0 Å². The van der Waals surface area contributed by atoms with Gasteiger partial charge < -0.3 is 5.32 Å². The molecule has 17 heavy (non-hydrogen) atoms. The lowest BCUT2D eigenvalue weighted by Gasteiger charge is -2.42. The Morgan fingerprint density at radius 2 is 1.88 bits per heavy atom. The summed E-state index contributed by atoms with van der Waals surface area (Å²) in [4.78, 5) is 2.64. The highest BCUT2D eigenvalue weighted by Gasteiger charge is 2.29. The van der Waals surface area contributed by atoms with Crippen LogP contribution in [0.2, 0.25) is 0 Å². The summed E-state index contributed by atoms with van der Waals surface area (Å²) in [6.07, 6.45) is 6.89. The van der Waals surface area contributed by atoms with Gasteiger partial charge in [0.2, 0.25) is 0 Å². The van der Waals surface area contributed by atoms with Crippen LogP contribution >= 0.6 is 0 Å². The van der Waals surface area contributed by atoms with Gasteiger partial charge in [-0.05, 0) is 45.7 Å². The highest BCUT2D eigenvalue weighted by Crippen LogP contribution is 2.29. The molecule has 0 saturated heterocycles. The number of nitrogens with one attached hydrogen (secondary N) is 1. The zero-order valence-electron chi connectivity index (χ0n) is 12.5. The van der Waals surface area contributed by atoms with E-state index in [2.05, 4.69) is 45.0 Å². The maximum atomic E-state index is 3.63. The standard InChI is InChI=1S/C15H32N2/c1-6-14(16-7-2)13(4)17(5)15-11-9-8-10-12(15)3/h12-16H,6-11H2,1-5H3. The summed E-state index contributed by atoms with van der Waals surface area (Å²) >= 11 is 0. The van der Waals surface area contributed by atoms with Crippen LogP contribution in [-0.4, -0.2) is 36.6 Å². The van der Waals surface area contributed by atoms with E-state index in [1.165, 1.54) is 32.1 Å². The van der Waals surface area contributed by atoms with Gasteiger partial charge in [0.25, 0.3) is 0 Å². The Kier molecular flexibility index (Phi) is 6.50. The van der Waals surface area contributed by atoms with E-state index in [1.54, 1.807) is 0 Å². The van der Waals surface area contributed by atoms with E-state index in [0.717, 1.165) is 18.5 Å². The van der Waals surface area contributed by atoms with Crippen molar-refractivity contribution in [1.29, 1.82) is 0 Å². The summed E-state index contributed by atoms with van der Waals surface area (Å²) in [5.41, 5.74) is 0. The summed E-state index contributed by atoms with van der Waals surface area (Å²) in [5.74, 6) is 0.871. The molecule has 1 fully saturated rings. The summed E-state index contributed by atoms with van der Waals surface area (Å²) in [7, 11) is 2.33.